The van der Waals surface area contributed by atoms with E-state index in [-0.39, 0.29) is 0 Å². The minimum absolute atomic E-state index is 0.406. The summed E-state index contributed by atoms with van der Waals surface area (Å²) < 4.78 is 10.9. The highest BCUT2D eigenvalue weighted by Crippen LogP contribution is 2.43. The van der Waals surface area contributed by atoms with E-state index in [1.807, 2.05) is 36.4 Å². The Hall–Kier alpha value is -2.00. The fourth-order valence-electron chi connectivity index (χ4n) is 2.54. The standard InChI is InChI=1S/C16H13ClO3/c1-19-15(18)16(12-5-3-2-4-6-12)10-11-9-13(17)7-8-14(11)20-16/h2-9H,10H2,1H3/t16-/m0/s1. The summed E-state index contributed by atoms with van der Waals surface area (Å²) in [5.41, 5.74) is 0.564. The molecule has 0 amide bonds. The average Bonchev–Trinajstić information content (AvgIpc) is 2.87. The molecule has 0 N–H and O–H groups in total. The average molecular weight is 289 g/mol. The molecule has 1 aliphatic heterocycles. The Morgan fingerprint density at radius 3 is 2.70 bits per heavy atom. The summed E-state index contributed by atoms with van der Waals surface area (Å²) in [5.74, 6) is 0.264. The number of fused-ring (bicyclic) bond motifs is 1. The predicted molar refractivity (Wildman–Crippen MR) is 75.9 cm³/mol. The third kappa shape index (κ3) is 1.95. The van der Waals surface area contributed by atoms with Gasteiger partial charge < -0.3 is 9.47 Å². The van der Waals surface area contributed by atoms with Gasteiger partial charge in [-0.3, -0.25) is 0 Å². The Bertz CT molecular complexity index is 654. The molecule has 0 saturated heterocycles. The van der Waals surface area contributed by atoms with Gasteiger partial charge in [0, 0.05) is 22.6 Å². The molecule has 1 atom stereocenters. The fraction of sp³-hybridized carbons (Fsp3) is 0.188. The van der Waals surface area contributed by atoms with Crippen LogP contribution < -0.4 is 4.74 Å². The van der Waals surface area contributed by atoms with Gasteiger partial charge in [-0.2, -0.15) is 0 Å². The van der Waals surface area contributed by atoms with Crippen LogP contribution in [0.15, 0.2) is 48.5 Å². The number of esters is 1. The maximum absolute atomic E-state index is 12.3. The molecule has 1 heterocycles. The van der Waals surface area contributed by atoms with E-state index in [9.17, 15) is 4.79 Å². The number of rotatable bonds is 2. The first-order valence-corrected chi connectivity index (χ1v) is 6.65. The lowest BCUT2D eigenvalue weighted by Crippen LogP contribution is -2.41. The lowest BCUT2D eigenvalue weighted by atomic mass is 9.89. The van der Waals surface area contributed by atoms with Gasteiger partial charge in [0.1, 0.15) is 5.75 Å². The summed E-state index contributed by atoms with van der Waals surface area (Å²) >= 11 is 6.00. The molecule has 2 aromatic carbocycles. The van der Waals surface area contributed by atoms with E-state index in [2.05, 4.69) is 0 Å². The molecule has 3 nitrogen and oxygen atoms in total. The minimum Gasteiger partial charge on any atom is -0.470 e. The van der Waals surface area contributed by atoms with Crippen molar-refractivity contribution in [2.75, 3.05) is 7.11 Å². The van der Waals surface area contributed by atoms with Crippen molar-refractivity contribution in [2.24, 2.45) is 0 Å². The van der Waals surface area contributed by atoms with Gasteiger partial charge in [0.15, 0.2) is 0 Å². The smallest absolute Gasteiger partial charge is 0.355 e. The maximum Gasteiger partial charge on any atom is 0.355 e. The number of methoxy groups -OCH3 is 1. The molecule has 0 radical (unpaired) electrons. The molecule has 0 saturated carbocycles. The quantitative estimate of drug-likeness (QED) is 0.795. The Kier molecular flexibility index (Phi) is 3.14. The first kappa shape index (κ1) is 13.0. The SMILES string of the molecule is COC(=O)[C@@]1(c2ccccc2)Cc2cc(Cl)ccc2O1. The topological polar surface area (TPSA) is 35.5 Å². The van der Waals surface area contributed by atoms with E-state index in [1.165, 1.54) is 7.11 Å². The molecule has 102 valence electrons. The van der Waals surface area contributed by atoms with Crippen LogP contribution >= 0.6 is 11.6 Å². The summed E-state index contributed by atoms with van der Waals surface area (Å²) in [4.78, 5) is 12.3. The largest absolute Gasteiger partial charge is 0.470 e. The normalized spacial score (nSPS) is 20.1. The van der Waals surface area contributed by atoms with Crippen LogP contribution in [0.2, 0.25) is 5.02 Å². The van der Waals surface area contributed by atoms with Gasteiger partial charge in [0.25, 0.3) is 0 Å². The lowest BCUT2D eigenvalue weighted by molar-refractivity contribution is -0.158. The van der Waals surface area contributed by atoms with Crippen LogP contribution in [0.1, 0.15) is 11.1 Å². The Labute approximate surface area is 122 Å². The van der Waals surface area contributed by atoms with E-state index in [0.29, 0.717) is 17.2 Å². The van der Waals surface area contributed by atoms with Crippen LogP contribution in [-0.2, 0) is 21.6 Å². The molecule has 4 heteroatoms. The van der Waals surface area contributed by atoms with Gasteiger partial charge >= 0.3 is 5.97 Å². The first-order valence-electron chi connectivity index (χ1n) is 6.27. The van der Waals surface area contributed by atoms with Crippen LogP contribution in [0, 0.1) is 0 Å². The first-order chi connectivity index (χ1) is 9.65. The van der Waals surface area contributed by atoms with Crippen LogP contribution in [-0.4, -0.2) is 13.1 Å². The van der Waals surface area contributed by atoms with Gasteiger partial charge in [-0.25, -0.2) is 4.79 Å². The summed E-state index contributed by atoms with van der Waals surface area (Å²) in [6.07, 6.45) is 0.416. The molecular weight excluding hydrogens is 276 g/mol. The van der Waals surface area contributed by atoms with Crippen LogP contribution in [0.3, 0.4) is 0 Å². The van der Waals surface area contributed by atoms with Gasteiger partial charge in [-0.05, 0) is 18.2 Å². The summed E-state index contributed by atoms with van der Waals surface area (Å²) in [5, 5.41) is 0.626. The molecular formula is C16H13ClO3. The number of hydrogen-bond acceptors (Lipinski definition) is 3. The minimum atomic E-state index is -1.12. The van der Waals surface area contributed by atoms with Gasteiger partial charge in [0.05, 0.1) is 7.11 Å². The van der Waals surface area contributed by atoms with Gasteiger partial charge in [0.2, 0.25) is 5.60 Å². The molecule has 0 spiro atoms. The Morgan fingerprint density at radius 1 is 1.25 bits per heavy atom. The molecule has 0 fully saturated rings. The zero-order valence-electron chi connectivity index (χ0n) is 10.9. The summed E-state index contributed by atoms with van der Waals surface area (Å²) in [7, 11) is 1.37. The van der Waals surface area contributed by atoms with Gasteiger partial charge in [-0.15, -0.1) is 0 Å². The second-order valence-corrected chi connectivity index (χ2v) is 5.15. The number of benzene rings is 2. The van der Waals surface area contributed by atoms with Crippen molar-refractivity contribution in [2.45, 2.75) is 12.0 Å². The van der Waals surface area contributed by atoms with Crippen molar-refractivity contribution in [3.63, 3.8) is 0 Å². The summed E-state index contributed by atoms with van der Waals surface area (Å²) in [6.45, 7) is 0. The lowest BCUT2D eigenvalue weighted by Gasteiger charge is -2.26. The molecule has 0 unspecified atom stereocenters. The molecule has 1 aliphatic rings. The van der Waals surface area contributed by atoms with E-state index in [1.54, 1.807) is 12.1 Å². The number of carbonyl (C=O) groups is 1. The molecule has 2 aromatic rings. The van der Waals surface area contributed by atoms with Crippen molar-refractivity contribution >= 4 is 17.6 Å². The van der Waals surface area contributed by atoms with Crippen molar-refractivity contribution in [1.29, 1.82) is 0 Å². The van der Waals surface area contributed by atoms with Crippen LogP contribution in [0.5, 0.6) is 5.75 Å². The highest BCUT2D eigenvalue weighted by atomic mass is 35.5. The highest BCUT2D eigenvalue weighted by molar-refractivity contribution is 6.30. The summed E-state index contributed by atoms with van der Waals surface area (Å²) in [6, 6.07) is 14.7. The second kappa shape index (κ2) is 4.84. The molecule has 0 aliphatic carbocycles. The molecule has 0 bridgehead atoms. The van der Waals surface area contributed by atoms with E-state index < -0.39 is 11.6 Å². The van der Waals surface area contributed by atoms with Gasteiger partial charge in [-0.1, -0.05) is 41.9 Å². The van der Waals surface area contributed by atoms with E-state index >= 15 is 0 Å². The predicted octanol–water partition coefficient (Wildman–Crippen LogP) is 3.34. The monoisotopic (exact) mass is 288 g/mol. The second-order valence-electron chi connectivity index (χ2n) is 4.72. The Balaban J connectivity index is 2.10. The van der Waals surface area contributed by atoms with Crippen LogP contribution in [0.4, 0.5) is 0 Å². The van der Waals surface area contributed by atoms with Crippen molar-refractivity contribution in [3.05, 3.63) is 64.7 Å². The molecule has 20 heavy (non-hydrogen) atoms. The van der Waals surface area contributed by atoms with Crippen LogP contribution in [0.25, 0.3) is 0 Å². The Morgan fingerprint density at radius 2 is 2.00 bits per heavy atom. The number of carbonyl (C=O) groups excluding carboxylic acids is 1. The number of hydrogen-bond donors (Lipinski definition) is 0. The van der Waals surface area contributed by atoms with E-state index in [0.717, 1.165) is 11.1 Å². The van der Waals surface area contributed by atoms with Crippen molar-refractivity contribution < 1.29 is 14.3 Å². The third-order valence-corrected chi connectivity index (χ3v) is 3.74. The number of halogens is 1. The third-order valence-electron chi connectivity index (χ3n) is 3.50. The number of ether oxygens (including phenoxy) is 2. The zero-order chi connectivity index (χ0) is 14.2. The molecule has 3 rings (SSSR count). The van der Waals surface area contributed by atoms with Crippen molar-refractivity contribution in [1.82, 2.24) is 0 Å². The molecule has 0 aromatic heterocycles. The zero-order valence-corrected chi connectivity index (χ0v) is 11.7. The fourth-order valence-corrected chi connectivity index (χ4v) is 2.74. The highest BCUT2D eigenvalue weighted by Gasteiger charge is 2.49. The van der Waals surface area contributed by atoms with E-state index in [4.69, 9.17) is 21.1 Å². The van der Waals surface area contributed by atoms with Crippen molar-refractivity contribution in [3.8, 4) is 5.75 Å². The maximum atomic E-state index is 12.3.